The molecule has 0 bridgehead atoms. The Morgan fingerprint density at radius 2 is 2.04 bits per heavy atom. The number of hydrogen-bond acceptors (Lipinski definition) is 5. The van der Waals surface area contributed by atoms with Crippen LogP contribution >= 0.6 is 0 Å². The molecule has 1 aromatic rings. The lowest BCUT2D eigenvalue weighted by atomic mass is 10.0. The predicted octanol–water partition coefficient (Wildman–Crippen LogP) is 4.25. The van der Waals surface area contributed by atoms with E-state index in [-0.39, 0.29) is 25.0 Å². The largest absolute Gasteiger partial charge is 0.452 e. The van der Waals surface area contributed by atoms with Crippen molar-refractivity contribution in [3.8, 4) is 0 Å². The van der Waals surface area contributed by atoms with E-state index in [0.29, 0.717) is 6.61 Å². The Morgan fingerprint density at radius 3 is 2.71 bits per heavy atom. The summed E-state index contributed by atoms with van der Waals surface area (Å²) in [5.41, 5.74) is 1.30. The second-order valence-electron chi connectivity index (χ2n) is 7.37. The van der Waals surface area contributed by atoms with Gasteiger partial charge in [-0.3, -0.25) is 0 Å². The fourth-order valence-corrected chi connectivity index (χ4v) is 3.90. The molecule has 2 rings (SSSR count). The molecule has 6 heteroatoms. The summed E-state index contributed by atoms with van der Waals surface area (Å²) in [6.45, 7) is 3.87. The third-order valence-corrected chi connectivity index (χ3v) is 5.34. The smallest absolute Gasteiger partial charge is 0.424 e. The molecule has 0 aromatic heterocycles. The van der Waals surface area contributed by atoms with Gasteiger partial charge in [0.2, 0.25) is 0 Å². The van der Waals surface area contributed by atoms with Crippen molar-refractivity contribution < 1.29 is 19.0 Å². The van der Waals surface area contributed by atoms with E-state index >= 15 is 0 Å². The van der Waals surface area contributed by atoms with E-state index in [1.807, 2.05) is 11.1 Å². The van der Waals surface area contributed by atoms with Gasteiger partial charge in [-0.15, -0.1) is 0 Å². The zero-order chi connectivity index (χ0) is 20.2. The van der Waals surface area contributed by atoms with Crippen molar-refractivity contribution in [2.45, 2.75) is 64.0 Å². The summed E-state index contributed by atoms with van der Waals surface area (Å²) in [5.74, 6) is 0. The molecule has 0 spiro atoms. The van der Waals surface area contributed by atoms with Crippen LogP contribution in [0.4, 0.5) is 4.79 Å². The molecular weight excluding hydrogens is 356 g/mol. The van der Waals surface area contributed by atoms with Crippen LogP contribution in [0.2, 0.25) is 0 Å². The Morgan fingerprint density at radius 1 is 1.25 bits per heavy atom. The van der Waals surface area contributed by atoms with Gasteiger partial charge in [0.25, 0.3) is 0 Å². The Kier molecular flexibility index (Phi) is 10.3. The number of amides is 1. The van der Waals surface area contributed by atoms with Crippen LogP contribution in [0.15, 0.2) is 30.3 Å². The molecule has 0 N–H and O–H groups in total. The molecule has 1 heterocycles. The summed E-state index contributed by atoms with van der Waals surface area (Å²) in [7, 11) is 3.09. The summed E-state index contributed by atoms with van der Waals surface area (Å²) in [6, 6.07) is 10.8. The van der Waals surface area contributed by atoms with Crippen molar-refractivity contribution in [3.05, 3.63) is 35.9 Å². The number of carbonyl (C=O) groups is 1. The lowest BCUT2D eigenvalue weighted by Gasteiger charge is -2.40. The minimum atomic E-state index is -0.271. The number of ether oxygens (including phenoxy) is 3. The molecule has 28 heavy (non-hydrogen) atoms. The summed E-state index contributed by atoms with van der Waals surface area (Å²) in [5, 5.41) is 4.05. The maximum Gasteiger partial charge on any atom is 0.424 e. The third-order valence-electron chi connectivity index (χ3n) is 5.34. The molecule has 1 saturated heterocycles. The molecule has 1 fully saturated rings. The van der Waals surface area contributed by atoms with Crippen LogP contribution in [-0.2, 0) is 20.6 Å². The van der Waals surface area contributed by atoms with Crippen LogP contribution in [-0.4, -0.2) is 62.4 Å². The van der Waals surface area contributed by atoms with Gasteiger partial charge < -0.3 is 14.2 Å². The number of rotatable bonds is 12. The van der Waals surface area contributed by atoms with Crippen LogP contribution in [0, 0.1) is 0 Å². The molecule has 0 radical (unpaired) electrons. The van der Waals surface area contributed by atoms with Gasteiger partial charge >= 0.3 is 6.09 Å². The quantitative estimate of drug-likeness (QED) is 0.393. The molecule has 1 aromatic carbocycles. The van der Waals surface area contributed by atoms with E-state index in [4.69, 9.17) is 14.2 Å². The Bertz CT molecular complexity index is 555. The Labute approximate surface area is 169 Å². The first-order valence-electron chi connectivity index (χ1n) is 10.5. The first kappa shape index (κ1) is 22.7. The summed E-state index contributed by atoms with van der Waals surface area (Å²) in [4.78, 5) is 12.8. The van der Waals surface area contributed by atoms with Gasteiger partial charge in [-0.05, 0) is 37.7 Å². The highest BCUT2D eigenvalue weighted by atomic mass is 16.7. The number of benzene rings is 1. The molecular formula is C22H36N2O4. The molecule has 1 aliphatic rings. The second kappa shape index (κ2) is 12.8. The van der Waals surface area contributed by atoms with Crippen LogP contribution in [0.25, 0.3) is 0 Å². The fourth-order valence-electron chi connectivity index (χ4n) is 3.90. The number of unbranched alkanes of at least 4 members (excludes halogenated alkanes) is 1. The van der Waals surface area contributed by atoms with Crippen LogP contribution in [0.5, 0.6) is 0 Å². The highest BCUT2D eigenvalue weighted by Crippen LogP contribution is 2.26. The summed E-state index contributed by atoms with van der Waals surface area (Å²) < 4.78 is 15.8. The number of nitrogens with zero attached hydrogens (tertiary/aromatic N) is 2. The van der Waals surface area contributed by atoms with E-state index in [1.165, 1.54) is 12.7 Å². The number of hydrogen-bond donors (Lipinski definition) is 0. The maximum atomic E-state index is 12.8. The highest BCUT2D eigenvalue weighted by Gasteiger charge is 2.37. The number of methoxy groups -OCH3 is 2. The molecule has 1 amide bonds. The summed E-state index contributed by atoms with van der Waals surface area (Å²) >= 11 is 0. The topological polar surface area (TPSA) is 51.2 Å². The van der Waals surface area contributed by atoms with Gasteiger partial charge in [-0.2, -0.15) is 0 Å². The van der Waals surface area contributed by atoms with Crippen molar-refractivity contribution in [1.29, 1.82) is 0 Å². The van der Waals surface area contributed by atoms with Gasteiger partial charge in [0.05, 0.1) is 25.8 Å². The monoisotopic (exact) mass is 392 g/mol. The van der Waals surface area contributed by atoms with Crippen LogP contribution in [0.3, 0.4) is 0 Å². The third kappa shape index (κ3) is 6.76. The zero-order valence-electron chi connectivity index (χ0n) is 17.6. The zero-order valence-corrected chi connectivity index (χ0v) is 17.6. The molecule has 2 atom stereocenters. The number of aryl methyl sites for hydroxylation is 1. The van der Waals surface area contributed by atoms with Crippen molar-refractivity contribution in [3.63, 3.8) is 0 Å². The van der Waals surface area contributed by atoms with Crippen LogP contribution in [0.1, 0.15) is 51.0 Å². The van der Waals surface area contributed by atoms with Gasteiger partial charge in [-0.1, -0.05) is 50.1 Å². The minimum Gasteiger partial charge on any atom is -0.452 e. The molecule has 1 aliphatic heterocycles. The SMILES string of the molecule is CCCC[C@H](CCc1ccccc1)N(C(=O)OC)N1CCC[C@H]1COCOC. The average molecular weight is 393 g/mol. The lowest BCUT2D eigenvalue weighted by Crippen LogP contribution is -2.55. The fraction of sp³-hybridized carbons (Fsp3) is 0.682. The molecule has 0 aliphatic carbocycles. The van der Waals surface area contributed by atoms with Crippen molar-refractivity contribution in [2.24, 2.45) is 0 Å². The average Bonchev–Trinajstić information content (AvgIpc) is 3.18. The molecule has 0 saturated carbocycles. The second-order valence-corrected chi connectivity index (χ2v) is 7.37. The van der Waals surface area contributed by atoms with Crippen molar-refractivity contribution >= 4 is 6.09 Å². The van der Waals surface area contributed by atoms with Crippen molar-refractivity contribution in [2.75, 3.05) is 34.2 Å². The van der Waals surface area contributed by atoms with E-state index in [9.17, 15) is 4.79 Å². The first-order valence-corrected chi connectivity index (χ1v) is 10.5. The van der Waals surface area contributed by atoms with Gasteiger partial charge in [0, 0.05) is 13.7 Å². The van der Waals surface area contributed by atoms with Crippen LogP contribution < -0.4 is 0 Å². The normalized spacial score (nSPS) is 18.2. The van der Waals surface area contributed by atoms with Gasteiger partial charge in [-0.25, -0.2) is 14.8 Å². The molecule has 0 unspecified atom stereocenters. The van der Waals surface area contributed by atoms with Gasteiger partial charge in [0.15, 0.2) is 0 Å². The highest BCUT2D eigenvalue weighted by molar-refractivity contribution is 5.67. The van der Waals surface area contributed by atoms with Gasteiger partial charge in [0.1, 0.15) is 6.79 Å². The Balaban J connectivity index is 2.13. The molecule has 158 valence electrons. The first-order chi connectivity index (χ1) is 13.7. The minimum absolute atomic E-state index is 0.121. The predicted molar refractivity (Wildman–Crippen MR) is 110 cm³/mol. The van der Waals surface area contributed by atoms with E-state index < -0.39 is 0 Å². The van der Waals surface area contributed by atoms with E-state index in [1.54, 1.807) is 7.11 Å². The maximum absolute atomic E-state index is 12.8. The van der Waals surface area contributed by atoms with Crippen molar-refractivity contribution in [1.82, 2.24) is 10.0 Å². The Hall–Kier alpha value is -1.63. The van der Waals surface area contributed by atoms with E-state index in [2.05, 4.69) is 36.2 Å². The van der Waals surface area contributed by atoms with E-state index in [0.717, 1.165) is 51.5 Å². The lowest BCUT2D eigenvalue weighted by molar-refractivity contribution is -0.0979. The molecule has 6 nitrogen and oxygen atoms in total. The number of hydrazine groups is 1. The standard InChI is InChI=1S/C22H36N2O4/c1-4-5-12-20(15-14-19-10-7-6-8-11-19)24(22(25)27-3)23-16-9-13-21(23)17-28-18-26-2/h6-8,10-11,20-21H,4-5,9,12-18H2,1-3H3/t20-,21+/m1/s1. The summed E-state index contributed by atoms with van der Waals surface area (Å²) in [6.07, 6.45) is 6.82. The number of carbonyl (C=O) groups excluding carboxylic acids is 1.